The third-order valence-corrected chi connectivity index (χ3v) is 4.31. The van der Waals surface area contributed by atoms with Gasteiger partial charge in [0.25, 0.3) is 5.91 Å². The van der Waals surface area contributed by atoms with Gasteiger partial charge in [0.2, 0.25) is 5.88 Å². The Kier molecular flexibility index (Phi) is 5.16. The first kappa shape index (κ1) is 17.9. The molecule has 7 heteroatoms. The number of hydrogen-bond acceptors (Lipinski definition) is 4. The Bertz CT molecular complexity index is 1040. The monoisotopic (exact) mass is 411 g/mol. The largest absolute Gasteiger partial charge is 0.493 e. The minimum atomic E-state index is -1.42. The van der Waals surface area contributed by atoms with E-state index in [1.54, 1.807) is 48.5 Å². The average molecular weight is 412 g/mol. The maximum Gasteiger partial charge on any atom is 0.297 e. The highest BCUT2D eigenvalue weighted by Gasteiger charge is 2.19. The number of aromatic hydroxyl groups is 1. The smallest absolute Gasteiger partial charge is 0.297 e. The number of aliphatic hydroxyl groups is 1. The van der Waals surface area contributed by atoms with Crippen LogP contribution in [0, 0.1) is 12.3 Å². The van der Waals surface area contributed by atoms with Gasteiger partial charge in [0, 0.05) is 9.86 Å². The molecule has 26 heavy (non-hydrogen) atoms. The summed E-state index contributed by atoms with van der Waals surface area (Å²) >= 11 is 3.36. The van der Waals surface area contributed by atoms with Gasteiger partial charge in [-0.15, -0.1) is 16.7 Å². The first-order chi connectivity index (χ1) is 12.5. The maximum absolute atomic E-state index is 12.1. The number of benzene rings is 2. The molecule has 0 aliphatic carbocycles. The molecule has 0 bridgehead atoms. The second-order valence-electron chi connectivity index (χ2n) is 5.48. The lowest BCUT2D eigenvalue weighted by atomic mass is 10.1. The summed E-state index contributed by atoms with van der Waals surface area (Å²) in [6, 6.07) is 13.7. The molecule has 0 saturated heterocycles. The molecule has 1 atom stereocenters. The number of rotatable bonds is 4. The zero-order valence-corrected chi connectivity index (χ0v) is 15.1. The van der Waals surface area contributed by atoms with Gasteiger partial charge in [-0.2, -0.15) is 0 Å². The van der Waals surface area contributed by atoms with Crippen molar-refractivity contribution in [2.45, 2.75) is 12.6 Å². The molecule has 1 amide bonds. The highest BCUT2D eigenvalue weighted by Crippen LogP contribution is 2.40. The molecule has 0 fully saturated rings. The molecule has 0 aliphatic heterocycles. The fourth-order valence-electron chi connectivity index (χ4n) is 2.58. The van der Waals surface area contributed by atoms with Crippen molar-refractivity contribution in [2.24, 2.45) is 10.2 Å². The first-order valence-electron chi connectivity index (χ1n) is 7.65. The van der Waals surface area contributed by atoms with E-state index in [2.05, 4.69) is 32.1 Å². The van der Waals surface area contributed by atoms with Crippen LogP contribution in [-0.2, 0) is 11.3 Å². The van der Waals surface area contributed by atoms with Gasteiger partial charge in [0.05, 0.1) is 12.1 Å². The second kappa shape index (κ2) is 7.52. The molecule has 2 aromatic carbocycles. The summed E-state index contributed by atoms with van der Waals surface area (Å²) in [6.45, 7) is 0.139. The lowest BCUT2D eigenvalue weighted by molar-refractivity contribution is -0.126. The zero-order chi connectivity index (χ0) is 18.7. The van der Waals surface area contributed by atoms with Gasteiger partial charge in [-0.25, -0.2) is 0 Å². The van der Waals surface area contributed by atoms with Crippen LogP contribution in [0.3, 0.4) is 0 Å². The first-order valence-corrected chi connectivity index (χ1v) is 8.45. The number of terminal acetylenes is 1. The van der Waals surface area contributed by atoms with E-state index in [0.717, 1.165) is 4.47 Å². The zero-order valence-electron chi connectivity index (χ0n) is 13.5. The Balaban J connectivity index is 1.99. The SMILES string of the molecule is C#CCn1c(O)c(N=NC(=O)[C@@H](O)c2ccccc2)c2cc(Br)ccc21. The van der Waals surface area contributed by atoms with Crippen molar-refractivity contribution in [3.8, 4) is 18.2 Å². The quantitative estimate of drug-likeness (QED) is 0.500. The van der Waals surface area contributed by atoms with Crippen molar-refractivity contribution in [3.05, 3.63) is 58.6 Å². The van der Waals surface area contributed by atoms with Gasteiger partial charge in [-0.05, 0) is 23.8 Å². The Labute approximate surface area is 157 Å². The number of nitrogens with zero attached hydrogens (tertiary/aromatic N) is 3. The van der Waals surface area contributed by atoms with Crippen LogP contribution < -0.4 is 0 Å². The topological polar surface area (TPSA) is 87.2 Å². The molecule has 0 saturated carbocycles. The van der Waals surface area contributed by atoms with E-state index in [-0.39, 0.29) is 18.1 Å². The summed E-state index contributed by atoms with van der Waals surface area (Å²) in [5.41, 5.74) is 1.19. The number of carbonyl (C=O) groups is 1. The van der Waals surface area contributed by atoms with Crippen molar-refractivity contribution in [1.82, 2.24) is 4.57 Å². The van der Waals surface area contributed by atoms with Crippen molar-refractivity contribution in [2.75, 3.05) is 0 Å². The van der Waals surface area contributed by atoms with Crippen molar-refractivity contribution in [1.29, 1.82) is 0 Å². The van der Waals surface area contributed by atoms with Crippen LogP contribution in [0.15, 0.2) is 63.2 Å². The highest BCUT2D eigenvalue weighted by atomic mass is 79.9. The average Bonchev–Trinajstić information content (AvgIpc) is 2.91. The number of hydrogen-bond donors (Lipinski definition) is 2. The van der Waals surface area contributed by atoms with Gasteiger partial charge in [0.1, 0.15) is 0 Å². The van der Waals surface area contributed by atoms with Gasteiger partial charge in [0.15, 0.2) is 11.8 Å². The van der Waals surface area contributed by atoms with E-state index in [1.807, 2.05) is 0 Å². The van der Waals surface area contributed by atoms with E-state index in [0.29, 0.717) is 16.5 Å². The van der Waals surface area contributed by atoms with Crippen LogP contribution in [0.4, 0.5) is 5.69 Å². The Morgan fingerprint density at radius 3 is 2.69 bits per heavy atom. The fourth-order valence-corrected chi connectivity index (χ4v) is 2.94. The van der Waals surface area contributed by atoms with Gasteiger partial charge >= 0.3 is 0 Å². The molecule has 130 valence electrons. The van der Waals surface area contributed by atoms with Gasteiger partial charge in [-0.1, -0.05) is 52.2 Å². The third-order valence-electron chi connectivity index (χ3n) is 3.82. The maximum atomic E-state index is 12.1. The summed E-state index contributed by atoms with van der Waals surface area (Å²) in [7, 11) is 0. The van der Waals surface area contributed by atoms with E-state index in [9.17, 15) is 15.0 Å². The van der Waals surface area contributed by atoms with E-state index in [1.165, 1.54) is 4.57 Å². The summed E-state index contributed by atoms with van der Waals surface area (Å²) in [6.07, 6.45) is 3.93. The van der Waals surface area contributed by atoms with Crippen LogP contribution in [0.5, 0.6) is 5.88 Å². The number of amides is 1. The van der Waals surface area contributed by atoms with Crippen LogP contribution in [0.25, 0.3) is 10.9 Å². The summed E-state index contributed by atoms with van der Waals surface area (Å²) in [5.74, 6) is 1.44. The molecule has 6 nitrogen and oxygen atoms in total. The molecule has 1 aromatic heterocycles. The molecule has 0 unspecified atom stereocenters. The van der Waals surface area contributed by atoms with Crippen molar-refractivity contribution in [3.63, 3.8) is 0 Å². The number of carbonyl (C=O) groups excluding carboxylic acids is 1. The summed E-state index contributed by atoms with van der Waals surface area (Å²) < 4.78 is 2.27. The summed E-state index contributed by atoms with van der Waals surface area (Å²) in [4.78, 5) is 12.1. The Morgan fingerprint density at radius 1 is 1.27 bits per heavy atom. The summed E-state index contributed by atoms with van der Waals surface area (Å²) in [5, 5.41) is 28.5. The number of aliphatic hydroxyl groups excluding tert-OH is 1. The lowest BCUT2D eigenvalue weighted by Crippen LogP contribution is -2.08. The molecular weight excluding hydrogens is 398 g/mol. The van der Waals surface area contributed by atoms with E-state index < -0.39 is 12.0 Å². The standard InChI is InChI=1S/C19H14BrN3O3/c1-2-10-23-15-9-8-13(20)11-14(15)16(19(23)26)21-22-18(25)17(24)12-6-4-3-5-7-12/h1,3-9,11,17,24,26H,10H2/t17-/m0/s1. The van der Waals surface area contributed by atoms with Crippen LogP contribution in [0.2, 0.25) is 0 Å². The predicted octanol–water partition coefficient (Wildman–Crippen LogP) is 4.09. The van der Waals surface area contributed by atoms with Crippen molar-refractivity contribution >= 4 is 38.4 Å². The highest BCUT2D eigenvalue weighted by molar-refractivity contribution is 9.10. The van der Waals surface area contributed by atoms with Crippen LogP contribution in [-0.4, -0.2) is 20.7 Å². The minimum absolute atomic E-state index is 0.116. The van der Waals surface area contributed by atoms with Crippen molar-refractivity contribution < 1.29 is 15.0 Å². The number of fused-ring (bicyclic) bond motifs is 1. The normalized spacial score (nSPS) is 12.3. The number of azo groups is 1. The molecule has 0 spiro atoms. The lowest BCUT2D eigenvalue weighted by Gasteiger charge is -2.05. The molecule has 3 aromatic rings. The Morgan fingerprint density at radius 2 is 2.00 bits per heavy atom. The molecule has 1 heterocycles. The fraction of sp³-hybridized carbons (Fsp3) is 0.105. The molecule has 0 radical (unpaired) electrons. The molecular formula is C19H14BrN3O3. The Hall–Kier alpha value is -2.95. The number of halogens is 1. The molecule has 3 rings (SSSR count). The van der Waals surface area contributed by atoms with Gasteiger partial charge in [-0.3, -0.25) is 9.36 Å². The van der Waals surface area contributed by atoms with Crippen LogP contribution in [0.1, 0.15) is 11.7 Å². The third kappa shape index (κ3) is 3.38. The molecule has 0 aliphatic rings. The molecule has 2 N–H and O–H groups in total. The van der Waals surface area contributed by atoms with Crippen LogP contribution >= 0.6 is 15.9 Å². The van der Waals surface area contributed by atoms with E-state index in [4.69, 9.17) is 6.42 Å². The minimum Gasteiger partial charge on any atom is -0.493 e. The predicted molar refractivity (Wildman–Crippen MR) is 101 cm³/mol. The number of aromatic nitrogens is 1. The van der Waals surface area contributed by atoms with E-state index >= 15 is 0 Å². The van der Waals surface area contributed by atoms with Gasteiger partial charge < -0.3 is 10.2 Å². The second-order valence-corrected chi connectivity index (χ2v) is 6.39.